The first-order valence-electron chi connectivity index (χ1n) is 7.26. The van der Waals surface area contributed by atoms with Crippen molar-refractivity contribution >= 4 is 11.9 Å². The third-order valence-electron chi connectivity index (χ3n) is 4.86. The van der Waals surface area contributed by atoms with Crippen molar-refractivity contribution in [3.63, 3.8) is 0 Å². The fraction of sp³-hybridized carbons (Fsp3) is 0.867. The van der Waals surface area contributed by atoms with Gasteiger partial charge in [0.15, 0.2) is 0 Å². The minimum absolute atomic E-state index is 0.263. The molecule has 0 radical (unpaired) electrons. The number of aliphatic carboxylic acids is 1. The van der Waals surface area contributed by atoms with Crippen LogP contribution in [0.15, 0.2) is 0 Å². The molecule has 1 amide bonds. The Morgan fingerprint density at radius 3 is 2.05 bits per heavy atom. The Labute approximate surface area is 120 Å². The molecule has 1 aliphatic carbocycles. The van der Waals surface area contributed by atoms with E-state index in [1.165, 1.54) is 0 Å². The van der Waals surface area contributed by atoms with Crippen molar-refractivity contribution in [1.82, 2.24) is 5.32 Å². The van der Waals surface area contributed by atoms with Crippen molar-refractivity contribution in [3.05, 3.63) is 0 Å². The molecule has 0 aromatic rings. The maximum absolute atomic E-state index is 12.4. The molecule has 3 unspecified atom stereocenters. The smallest absolute Gasteiger partial charge is 0.307 e. The van der Waals surface area contributed by atoms with Gasteiger partial charge in [0.05, 0.1) is 23.0 Å². The van der Waals surface area contributed by atoms with Crippen molar-refractivity contribution in [2.24, 2.45) is 17.8 Å². The minimum Gasteiger partial charge on any atom is -0.481 e. The largest absolute Gasteiger partial charge is 0.481 e. The highest BCUT2D eigenvalue weighted by molar-refractivity contribution is 5.85. The normalized spacial score (nSPS) is 27.4. The Morgan fingerprint density at radius 1 is 1.15 bits per heavy atom. The van der Waals surface area contributed by atoms with E-state index in [1.54, 1.807) is 27.7 Å². The van der Waals surface area contributed by atoms with E-state index in [9.17, 15) is 19.8 Å². The number of aliphatic hydroxyl groups is 1. The third-order valence-corrected chi connectivity index (χ3v) is 4.86. The van der Waals surface area contributed by atoms with Gasteiger partial charge in [-0.3, -0.25) is 9.59 Å². The van der Waals surface area contributed by atoms with Crippen molar-refractivity contribution in [1.29, 1.82) is 0 Å². The molecule has 1 saturated carbocycles. The van der Waals surface area contributed by atoms with Crippen LogP contribution >= 0.6 is 0 Å². The summed E-state index contributed by atoms with van der Waals surface area (Å²) in [5.41, 5.74) is -1.89. The first-order valence-corrected chi connectivity index (χ1v) is 7.26. The van der Waals surface area contributed by atoms with E-state index in [4.69, 9.17) is 0 Å². The van der Waals surface area contributed by atoms with Gasteiger partial charge < -0.3 is 15.5 Å². The highest BCUT2D eigenvalue weighted by atomic mass is 16.4. The quantitative estimate of drug-likeness (QED) is 0.718. The van der Waals surface area contributed by atoms with Crippen LogP contribution in [0.2, 0.25) is 0 Å². The van der Waals surface area contributed by atoms with Crippen molar-refractivity contribution < 1.29 is 19.8 Å². The van der Waals surface area contributed by atoms with Crippen LogP contribution in [0.25, 0.3) is 0 Å². The molecular formula is C15H27NO4. The zero-order valence-corrected chi connectivity index (χ0v) is 13.1. The lowest BCUT2D eigenvalue weighted by molar-refractivity contribution is -0.147. The average molecular weight is 285 g/mol. The summed E-state index contributed by atoms with van der Waals surface area (Å²) in [5.74, 6) is -1.99. The number of carboxylic acid groups (broad SMARTS) is 1. The number of amides is 1. The van der Waals surface area contributed by atoms with Gasteiger partial charge in [0.25, 0.3) is 0 Å². The van der Waals surface area contributed by atoms with E-state index in [0.29, 0.717) is 12.8 Å². The van der Waals surface area contributed by atoms with Crippen molar-refractivity contribution in [2.75, 3.05) is 0 Å². The molecule has 1 rings (SSSR count). The predicted octanol–water partition coefficient (Wildman–Crippen LogP) is 1.79. The zero-order chi connectivity index (χ0) is 15.7. The molecule has 1 fully saturated rings. The molecule has 5 heteroatoms. The molecule has 0 aliphatic heterocycles. The molecule has 0 saturated heterocycles. The van der Waals surface area contributed by atoms with E-state index >= 15 is 0 Å². The summed E-state index contributed by atoms with van der Waals surface area (Å²) in [6.45, 7) is 8.77. The Balaban J connectivity index is 2.83. The van der Waals surface area contributed by atoms with Crippen LogP contribution in [0, 0.1) is 17.8 Å². The van der Waals surface area contributed by atoms with Gasteiger partial charge in [-0.15, -0.1) is 0 Å². The second-order valence-corrected chi connectivity index (χ2v) is 6.97. The summed E-state index contributed by atoms with van der Waals surface area (Å²) < 4.78 is 0. The monoisotopic (exact) mass is 285 g/mol. The van der Waals surface area contributed by atoms with Gasteiger partial charge in [-0.2, -0.15) is 0 Å². The fourth-order valence-corrected chi connectivity index (χ4v) is 2.59. The molecule has 3 N–H and O–H groups in total. The summed E-state index contributed by atoms with van der Waals surface area (Å²) in [7, 11) is 0. The van der Waals surface area contributed by atoms with Crippen LogP contribution in [0.1, 0.15) is 53.9 Å². The summed E-state index contributed by atoms with van der Waals surface area (Å²) in [6.07, 6.45) is 2.07. The second kappa shape index (κ2) is 5.72. The molecule has 1 aliphatic rings. The number of carbonyl (C=O) groups is 2. The lowest BCUT2D eigenvalue weighted by Crippen LogP contribution is -2.59. The van der Waals surface area contributed by atoms with Crippen LogP contribution in [0.5, 0.6) is 0 Å². The third kappa shape index (κ3) is 3.51. The van der Waals surface area contributed by atoms with E-state index in [2.05, 4.69) is 5.32 Å². The lowest BCUT2D eigenvalue weighted by atomic mass is 9.84. The van der Waals surface area contributed by atoms with E-state index in [0.717, 1.165) is 6.42 Å². The second-order valence-electron chi connectivity index (χ2n) is 6.97. The molecular weight excluding hydrogens is 258 g/mol. The first kappa shape index (κ1) is 17.0. The number of rotatable bonds is 5. The van der Waals surface area contributed by atoms with Gasteiger partial charge in [-0.1, -0.05) is 13.3 Å². The van der Waals surface area contributed by atoms with Crippen LogP contribution in [-0.2, 0) is 9.59 Å². The first-order chi connectivity index (χ1) is 8.99. The molecule has 116 valence electrons. The Hall–Kier alpha value is -1.10. The Morgan fingerprint density at radius 2 is 1.65 bits per heavy atom. The van der Waals surface area contributed by atoms with Gasteiger partial charge in [-0.05, 0) is 46.5 Å². The van der Waals surface area contributed by atoms with Crippen LogP contribution in [0.4, 0.5) is 0 Å². The van der Waals surface area contributed by atoms with Crippen LogP contribution in [-0.4, -0.2) is 33.2 Å². The number of hydrogen-bond acceptors (Lipinski definition) is 3. The lowest BCUT2D eigenvalue weighted by Gasteiger charge is -2.39. The van der Waals surface area contributed by atoms with Crippen molar-refractivity contribution in [3.8, 4) is 0 Å². The molecule has 0 aromatic heterocycles. The predicted molar refractivity (Wildman–Crippen MR) is 76.2 cm³/mol. The van der Waals surface area contributed by atoms with E-state index in [1.807, 2.05) is 6.92 Å². The van der Waals surface area contributed by atoms with E-state index in [-0.39, 0.29) is 11.8 Å². The molecule has 3 atom stereocenters. The van der Waals surface area contributed by atoms with Crippen LogP contribution < -0.4 is 5.32 Å². The summed E-state index contributed by atoms with van der Waals surface area (Å²) in [4.78, 5) is 23.7. The summed E-state index contributed by atoms with van der Waals surface area (Å²) >= 11 is 0. The number of nitrogens with one attached hydrogen (secondary N) is 1. The Bertz CT molecular complexity index is 384. The SMILES string of the molecule is CCC1CC(C(=O)O)C(C(=O)NC(C)(C)C(C)(C)O)C1. The Kier molecular flexibility index (Phi) is 4.85. The molecule has 0 bridgehead atoms. The van der Waals surface area contributed by atoms with Crippen molar-refractivity contribution in [2.45, 2.75) is 65.0 Å². The molecule has 0 heterocycles. The number of carboxylic acids is 1. The van der Waals surface area contributed by atoms with E-state index < -0.39 is 28.9 Å². The number of carbonyl (C=O) groups excluding carboxylic acids is 1. The highest BCUT2D eigenvalue weighted by Gasteiger charge is 2.45. The molecule has 20 heavy (non-hydrogen) atoms. The van der Waals surface area contributed by atoms with Gasteiger partial charge in [-0.25, -0.2) is 0 Å². The molecule has 0 aromatic carbocycles. The maximum atomic E-state index is 12.4. The topological polar surface area (TPSA) is 86.6 Å². The summed E-state index contributed by atoms with van der Waals surface area (Å²) in [6, 6.07) is 0. The fourth-order valence-electron chi connectivity index (χ4n) is 2.59. The standard InChI is InChI=1S/C15H27NO4/c1-6-9-7-10(11(8-9)13(18)19)12(17)16-14(2,3)15(4,5)20/h9-11,20H,6-8H2,1-5H3,(H,16,17)(H,18,19). The van der Waals surface area contributed by atoms with Crippen LogP contribution in [0.3, 0.4) is 0 Å². The minimum atomic E-state index is -1.08. The van der Waals surface area contributed by atoms with Gasteiger partial charge >= 0.3 is 5.97 Å². The summed E-state index contributed by atoms with van der Waals surface area (Å²) in [5, 5.41) is 22.2. The highest BCUT2D eigenvalue weighted by Crippen LogP contribution is 2.39. The zero-order valence-electron chi connectivity index (χ0n) is 13.1. The maximum Gasteiger partial charge on any atom is 0.307 e. The van der Waals surface area contributed by atoms with Gasteiger partial charge in [0.2, 0.25) is 5.91 Å². The molecule has 5 nitrogen and oxygen atoms in total. The van der Waals surface area contributed by atoms with Gasteiger partial charge in [0.1, 0.15) is 0 Å². The van der Waals surface area contributed by atoms with Gasteiger partial charge in [0, 0.05) is 0 Å². The number of hydrogen-bond donors (Lipinski definition) is 3. The average Bonchev–Trinajstić information content (AvgIpc) is 2.70. The molecule has 0 spiro atoms.